The van der Waals surface area contributed by atoms with Crippen molar-refractivity contribution in [3.8, 4) is 0 Å². The summed E-state index contributed by atoms with van der Waals surface area (Å²) in [6, 6.07) is 1.83. The Hall–Kier alpha value is -1.40. The number of hydrogen-bond donors (Lipinski definition) is 1. The lowest BCUT2D eigenvalue weighted by Gasteiger charge is -2.10. The van der Waals surface area contributed by atoms with Gasteiger partial charge in [0.2, 0.25) is 0 Å². The van der Waals surface area contributed by atoms with E-state index in [2.05, 4.69) is 16.9 Å². The van der Waals surface area contributed by atoms with Crippen LogP contribution in [0.2, 0.25) is 0 Å². The molecule has 21 heavy (non-hydrogen) atoms. The van der Waals surface area contributed by atoms with Gasteiger partial charge < -0.3 is 5.11 Å². The fourth-order valence-electron chi connectivity index (χ4n) is 2.10. The molecule has 0 aliphatic carbocycles. The minimum Gasteiger partial charge on any atom is -0.396 e. The molecule has 1 N–H and O–H groups in total. The van der Waals surface area contributed by atoms with Gasteiger partial charge in [0, 0.05) is 36.1 Å². The van der Waals surface area contributed by atoms with Gasteiger partial charge in [-0.2, -0.15) is 0 Å². The first-order valence-electron chi connectivity index (χ1n) is 7.28. The lowest BCUT2D eigenvalue weighted by Crippen LogP contribution is -2.24. The Labute approximate surface area is 128 Å². The van der Waals surface area contributed by atoms with Gasteiger partial charge in [-0.25, -0.2) is 9.97 Å². The van der Waals surface area contributed by atoms with Crippen molar-refractivity contribution in [1.29, 1.82) is 0 Å². The van der Waals surface area contributed by atoms with E-state index in [9.17, 15) is 4.79 Å². The van der Waals surface area contributed by atoms with Gasteiger partial charge in [-0.05, 0) is 25.8 Å². The molecule has 0 unspecified atom stereocenters. The number of aliphatic hydroxyl groups is 1. The van der Waals surface area contributed by atoms with Crippen LogP contribution < -0.4 is 5.56 Å². The third kappa shape index (κ3) is 3.83. The molecule has 0 amide bonds. The van der Waals surface area contributed by atoms with Gasteiger partial charge in [-0.3, -0.25) is 9.36 Å². The zero-order chi connectivity index (χ0) is 15.2. The molecule has 2 rings (SSSR count). The third-order valence-corrected chi connectivity index (χ3v) is 4.20. The Bertz CT molecular complexity index is 670. The molecule has 2 aromatic rings. The Balaban J connectivity index is 2.42. The first-order valence-corrected chi connectivity index (χ1v) is 8.26. The first kappa shape index (κ1) is 16.0. The predicted molar refractivity (Wildman–Crippen MR) is 85.9 cm³/mol. The molecular formula is C15H21N3O2S. The molecule has 5 nitrogen and oxygen atoms in total. The molecule has 0 bridgehead atoms. The molecule has 0 atom stereocenters. The predicted octanol–water partition coefficient (Wildman–Crippen LogP) is 2.37. The van der Waals surface area contributed by atoms with Crippen LogP contribution in [0, 0.1) is 6.92 Å². The highest BCUT2D eigenvalue weighted by Crippen LogP contribution is 2.18. The van der Waals surface area contributed by atoms with Crippen LogP contribution in [0.25, 0.3) is 11.0 Å². The molecule has 114 valence electrons. The van der Waals surface area contributed by atoms with Gasteiger partial charge in [-0.15, -0.1) is 0 Å². The fourth-order valence-corrected chi connectivity index (χ4v) is 3.00. The minimum atomic E-state index is -0.0424. The smallest absolute Gasteiger partial charge is 0.255 e. The maximum atomic E-state index is 12.3. The Morgan fingerprint density at radius 2 is 2.19 bits per heavy atom. The second kappa shape index (κ2) is 7.56. The molecule has 0 radical (unpaired) electrons. The molecule has 0 fully saturated rings. The van der Waals surface area contributed by atoms with Crippen molar-refractivity contribution in [1.82, 2.24) is 14.5 Å². The van der Waals surface area contributed by atoms with Crippen molar-refractivity contribution in [2.24, 2.45) is 0 Å². The van der Waals surface area contributed by atoms with Gasteiger partial charge in [0.1, 0.15) is 5.65 Å². The standard InChI is InChI=1S/C15H21N3O2S/c1-3-4-8-21-15-16-10-12-9-11(2)14(20)18(6-5-7-19)13(12)17-15/h9-10,19H,3-8H2,1-2H3. The summed E-state index contributed by atoms with van der Waals surface area (Å²) in [5.41, 5.74) is 1.29. The van der Waals surface area contributed by atoms with E-state index in [1.807, 2.05) is 6.07 Å². The highest BCUT2D eigenvalue weighted by atomic mass is 32.2. The molecule has 6 heteroatoms. The monoisotopic (exact) mass is 307 g/mol. The van der Waals surface area contributed by atoms with E-state index < -0.39 is 0 Å². The highest BCUT2D eigenvalue weighted by molar-refractivity contribution is 7.99. The lowest BCUT2D eigenvalue weighted by atomic mass is 10.2. The molecule has 0 aliphatic heterocycles. The second-order valence-electron chi connectivity index (χ2n) is 4.99. The topological polar surface area (TPSA) is 68.0 Å². The zero-order valence-corrected chi connectivity index (χ0v) is 13.3. The average Bonchev–Trinajstić information content (AvgIpc) is 2.48. The summed E-state index contributed by atoms with van der Waals surface area (Å²) >= 11 is 1.62. The summed E-state index contributed by atoms with van der Waals surface area (Å²) in [6.07, 6.45) is 4.58. The summed E-state index contributed by atoms with van der Waals surface area (Å²) in [5.74, 6) is 0.981. The Morgan fingerprint density at radius 1 is 1.38 bits per heavy atom. The van der Waals surface area contributed by atoms with Crippen LogP contribution in [0.5, 0.6) is 0 Å². The number of aromatic nitrogens is 3. The van der Waals surface area contributed by atoms with Crippen molar-refractivity contribution >= 4 is 22.8 Å². The number of fused-ring (bicyclic) bond motifs is 1. The SMILES string of the molecule is CCCCSc1ncc2cc(C)c(=O)n(CCCO)c2n1. The van der Waals surface area contributed by atoms with Gasteiger partial charge in [0.25, 0.3) is 5.56 Å². The molecule has 0 saturated carbocycles. The van der Waals surface area contributed by atoms with E-state index in [4.69, 9.17) is 5.11 Å². The summed E-state index contributed by atoms with van der Waals surface area (Å²) in [4.78, 5) is 21.2. The molecule has 2 heterocycles. The Morgan fingerprint density at radius 3 is 2.90 bits per heavy atom. The number of hydrogen-bond acceptors (Lipinski definition) is 5. The van der Waals surface area contributed by atoms with Crippen LogP contribution in [-0.2, 0) is 6.54 Å². The van der Waals surface area contributed by atoms with E-state index in [0.29, 0.717) is 29.3 Å². The fraction of sp³-hybridized carbons (Fsp3) is 0.533. The summed E-state index contributed by atoms with van der Waals surface area (Å²) < 4.78 is 1.65. The second-order valence-corrected chi connectivity index (χ2v) is 6.06. The summed E-state index contributed by atoms with van der Waals surface area (Å²) in [6.45, 7) is 4.48. The van der Waals surface area contributed by atoms with Crippen LogP contribution in [-0.4, -0.2) is 32.0 Å². The number of nitrogens with zero attached hydrogens (tertiary/aromatic N) is 3. The average molecular weight is 307 g/mol. The molecule has 0 saturated heterocycles. The van der Waals surface area contributed by atoms with Gasteiger partial charge >= 0.3 is 0 Å². The highest BCUT2D eigenvalue weighted by Gasteiger charge is 2.09. The van der Waals surface area contributed by atoms with Crippen LogP contribution >= 0.6 is 11.8 Å². The normalized spacial score (nSPS) is 11.2. The van der Waals surface area contributed by atoms with E-state index >= 15 is 0 Å². The number of unbranched alkanes of at least 4 members (excludes halogenated alkanes) is 1. The van der Waals surface area contributed by atoms with Crippen molar-refractivity contribution in [3.63, 3.8) is 0 Å². The molecule has 0 aliphatic rings. The van der Waals surface area contributed by atoms with E-state index in [-0.39, 0.29) is 12.2 Å². The number of pyridine rings is 1. The maximum Gasteiger partial charge on any atom is 0.255 e. The number of rotatable bonds is 7. The van der Waals surface area contributed by atoms with E-state index in [1.54, 1.807) is 29.4 Å². The number of aliphatic hydroxyl groups excluding tert-OH is 1. The van der Waals surface area contributed by atoms with Gasteiger partial charge in [0.15, 0.2) is 5.16 Å². The third-order valence-electron chi connectivity index (χ3n) is 3.25. The molecule has 2 aromatic heterocycles. The Kier molecular flexibility index (Phi) is 5.76. The van der Waals surface area contributed by atoms with E-state index in [0.717, 1.165) is 24.0 Å². The molecule has 0 aromatic carbocycles. The van der Waals surface area contributed by atoms with Crippen molar-refractivity contribution < 1.29 is 5.11 Å². The number of thioether (sulfide) groups is 1. The van der Waals surface area contributed by atoms with Crippen LogP contribution in [0.1, 0.15) is 31.7 Å². The summed E-state index contributed by atoms with van der Waals surface area (Å²) in [5, 5.41) is 10.6. The first-order chi connectivity index (χ1) is 10.2. The van der Waals surface area contributed by atoms with Crippen LogP contribution in [0.15, 0.2) is 22.2 Å². The zero-order valence-electron chi connectivity index (χ0n) is 12.5. The largest absolute Gasteiger partial charge is 0.396 e. The van der Waals surface area contributed by atoms with Gasteiger partial charge in [0.05, 0.1) is 0 Å². The van der Waals surface area contributed by atoms with Crippen molar-refractivity contribution in [2.75, 3.05) is 12.4 Å². The van der Waals surface area contributed by atoms with E-state index in [1.165, 1.54) is 0 Å². The van der Waals surface area contributed by atoms with Crippen molar-refractivity contribution in [2.45, 2.75) is 44.8 Å². The van der Waals surface area contributed by atoms with Crippen molar-refractivity contribution in [3.05, 3.63) is 28.2 Å². The molecule has 0 spiro atoms. The summed E-state index contributed by atoms with van der Waals surface area (Å²) in [7, 11) is 0. The quantitative estimate of drug-likeness (QED) is 0.483. The number of aryl methyl sites for hydroxylation is 2. The molecular weight excluding hydrogens is 286 g/mol. The van der Waals surface area contributed by atoms with Crippen LogP contribution in [0.3, 0.4) is 0 Å². The van der Waals surface area contributed by atoms with Crippen LogP contribution in [0.4, 0.5) is 0 Å². The lowest BCUT2D eigenvalue weighted by molar-refractivity contribution is 0.279. The minimum absolute atomic E-state index is 0.0424. The maximum absolute atomic E-state index is 12.3. The van der Waals surface area contributed by atoms with Gasteiger partial charge in [-0.1, -0.05) is 25.1 Å².